The highest BCUT2D eigenvalue weighted by Gasteiger charge is 2.42. The van der Waals surface area contributed by atoms with E-state index >= 15 is 0 Å². The largest absolute Gasteiger partial charge is 0.480 e. The zero-order chi connectivity index (χ0) is 18.4. The van der Waals surface area contributed by atoms with Gasteiger partial charge in [0.25, 0.3) is 0 Å². The van der Waals surface area contributed by atoms with Crippen LogP contribution in [0.5, 0.6) is 0 Å². The monoisotopic (exact) mass is 360 g/mol. The van der Waals surface area contributed by atoms with Gasteiger partial charge in [-0.05, 0) is 18.4 Å². The van der Waals surface area contributed by atoms with Crippen molar-refractivity contribution in [1.82, 2.24) is 10.2 Å². The maximum absolute atomic E-state index is 12.7. The number of carboxylic acid groups (broad SMARTS) is 1. The zero-order valence-electron chi connectivity index (χ0n) is 15.2. The van der Waals surface area contributed by atoms with Crippen LogP contribution in [-0.2, 0) is 20.7 Å². The highest BCUT2D eigenvalue weighted by Crippen LogP contribution is 2.38. The molecule has 26 heavy (non-hydrogen) atoms. The minimum Gasteiger partial charge on any atom is -0.480 e. The molecule has 3 rings (SSSR count). The first-order valence-electron chi connectivity index (χ1n) is 9.48. The van der Waals surface area contributed by atoms with E-state index < -0.39 is 12.0 Å². The van der Waals surface area contributed by atoms with Crippen LogP contribution in [0.4, 0.5) is 0 Å². The van der Waals surface area contributed by atoms with Crippen molar-refractivity contribution in [3.05, 3.63) is 35.9 Å². The second-order valence-corrected chi connectivity index (χ2v) is 7.36. The van der Waals surface area contributed by atoms with Crippen molar-refractivity contribution in [2.24, 2.45) is 0 Å². The number of nitrogens with zero attached hydrogens (tertiary/aromatic N) is 1. The molecule has 0 spiro atoms. The number of aliphatic carboxylic acids is 1. The van der Waals surface area contributed by atoms with Crippen LogP contribution in [0.1, 0.15) is 37.7 Å². The van der Waals surface area contributed by atoms with Gasteiger partial charge in [-0.3, -0.25) is 9.69 Å². The van der Waals surface area contributed by atoms with Gasteiger partial charge in [0.05, 0.1) is 13.2 Å². The molecule has 0 radical (unpaired) electrons. The van der Waals surface area contributed by atoms with Crippen molar-refractivity contribution < 1.29 is 19.4 Å². The number of hydrogen-bond acceptors (Lipinski definition) is 4. The second kappa shape index (κ2) is 8.64. The lowest BCUT2D eigenvalue weighted by atomic mass is 9.89. The fraction of sp³-hybridized carbons (Fsp3) is 0.600. The molecular weight excluding hydrogens is 332 g/mol. The number of hydrogen-bond donors (Lipinski definition) is 2. The number of rotatable bonds is 7. The van der Waals surface area contributed by atoms with Crippen molar-refractivity contribution in [1.29, 1.82) is 0 Å². The van der Waals surface area contributed by atoms with Gasteiger partial charge < -0.3 is 15.2 Å². The first-order chi connectivity index (χ1) is 12.6. The molecule has 1 amide bonds. The summed E-state index contributed by atoms with van der Waals surface area (Å²) in [5.41, 5.74) is 0.771. The van der Waals surface area contributed by atoms with Crippen LogP contribution in [0.3, 0.4) is 0 Å². The van der Waals surface area contributed by atoms with Crippen molar-refractivity contribution in [2.45, 2.75) is 50.1 Å². The third-order valence-electron chi connectivity index (χ3n) is 5.62. The molecule has 0 aromatic heterocycles. The topological polar surface area (TPSA) is 78.9 Å². The summed E-state index contributed by atoms with van der Waals surface area (Å²) in [5.74, 6) is -1.16. The fourth-order valence-electron chi connectivity index (χ4n) is 4.27. The van der Waals surface area contributed by atoms with E-state index in [0.29, 0.717) is 26.1 Å². The number of morpholine rings is 1. The summed E-state index contributed by atoms with van der Waals surface area (Å²) in [4.78, 5) is 26.7. The fourth-order valence-corrected chi connectivity index (χ4v) is 4.27. The summed E-state index contributed by atoms with van der Waals surface area (Å²) < 4.78 is 5.45. The summed E-state index contributed by atoms with van der Waals surface area (Å²) in [7, 11) is 0. The summed E-state index contributed by atoms with van der Waals surface area (Å²) in [6.45, 7) is 3.10. The Kier molecular flexibility index (Phi) is 6.27. The van der Waals surface area contributed by atoms with E-state index in [9.17, 15) is 14.7 Å². The van der Waals surface area contributed by atoms with Crippen LogP contribution >= 0.6 is 0 Å². The molecule has 1 saturated carbocycles. The van der Waals surface area contributed by atoms with Crippen molar-refractivity contribution in [2.75, 3.05) is 26.3 Å². The molecule has 1 aromatic carbocycles. The number of carbonyl (C=O) groups is 2. The number of amides is 1. The molecule has 1 atom stereocenters. The van der Waals surface area contributed by atoms with Crippen LogP contribution in [0.25, 0.3) is 0 Å². The minimum atomic E-state index is -0.992. The van der Waals surface area contributed by atoms with E-state index in [2.05, 4.69) is 10.2 Å². The lowest BCUT2D eigenvalue weighted by molar-refractivity contribution is -0.142. The van der Waals surface area contributed by atoms with Gasteiger partial charge in [0.2, 0.25) is 5.91 Å². The molecule has 0 bridgehead atoms. The lowest BCUT2D eigenvalue weighted by Crippen LogP contribution is -2.55. The predicted molar refractivity (Wildman–Crippen MR) is 97.9 cm³/mol. The third kappa shape index (κ3) is 4.62. The van der Waals surface area contributed by atoms with Crippen LogP contribution in [0.2, 0.25) is 0 Å². The van der Waals surface area contributed by atoms with Gasteiger partial charge >= 0.3 is 5.97 Å². The van der Waals surface area contributed by atoms with Crippen LogP contribution < -0.4 is 5.32 Å². The molecule has 1 aliphatic heterocycles. The molecule has 6 nitrogen and oxygen atoms in total. The normalized spacial score (nSPS) is 21.2. The molecule has 1 saturated heterocycles. The molecule has 2 N–H and O–H groups in total. The first kappa shape index (κ1) is 18.9. The summed E-state index contributed by atoms with van der Waals surface area (Å²) in [5, 5.41) is 12.3. The van der Waals surface area contributed by atoms with Gasteiger partial charge in [0, 0.05) is 31.5 Å². The standard InChI is InChI=1S/C20H28N2O4/c23-18(21-17(19(24)25)14-16-6-2-1-3-7-16)15-20(8-4-5-9-20)22-10-12-26-13-11-22/h1-3,6-7,17H,4-5,8-15H2,(H,21,23)(H,24,25)/t17-/m0/s1. The van der Waals surface area contributed by atoms with Gasteiger partial charge in [-0.2, -0.15) is 0 Å². The zero-order valence-corrected chi connectivity index (χ0v) is 15.2. The van der Waals surface area contributed by atoms with Crippen molar-refractivity contribution >= 4 is 11.9 Å². The molecule has 1 aliphatic carbocycles. The summed E-state index contributed by atoms with van der Waals surface area (Å²) in [6, 6.07) is 8.52. The highest BCUT2D eigenvalue weighted by atomic mass is 16.5. The van der Waals surface area contributed by atoms with Crippen LogP contribution in [0, 0.1) is 0 Å². The Morgan fingerprint density at radius 1 is 1.15 bits per heavy atom. The lowest BCUT2D eigenvalue weighted by Gasteiger charge is -2.43. The number of benzene rings is 1. The van der Waals surface area contributed by atoms with E-state index in [4.69, 9.17) is 4.74 Å². The van der Waals surface area contributed by atoms with E-state index in [1.807, 2.05) is 30.3 Å². The Bertz CT molecular complexity index is 607. The smallest absolute Gasteiger partial charge is 0.326 e. The van der Waals surface area contributed by atoms with E-state index in [1.165, 1.54) is 0 Å². The second-order valence-electron chi connectivity index (χ2n) is 7.36. The Hall–Kier alpha value is -1.92. The Morgan fingerprint density at radius 2 is 1.81 bits per heavy atom. The molecule has 2 fully saturated rings. The Balaban J connectivity index is 1.63. The van der Waals surface area contributed by atoms with Gasteiger partial charge in [0.15, 0.2) is 0 Å². The van der Waals surface area contributed by atoms with Crippen molar-refractivity contribution in [3.63, 3.8) is 0 Å². The van der Waals surface area contributed by atoms with Gasteiger partial charge in [-0.25, -0.2) is 4.79 Å². The number of ether oxygens (including phenoxy) is 1. The molecule has 2 aliphatic rings. The Morgan fingerprint density at radius 3 is 2.42 bits per heavy atom. The molecular formula is C20H28N2O4. The SMILES string of the molecule is O=C(CC1(N2CCOCC2)CCCC1)N[C@@H](Cc1ccccc1)C(=O)O. The number of carboxylic acids is 1. The third-order valence-corrected chi connectivity index (χ3v) is 5.62. The molecule has 142 valence electrons. The number of carbonyl (C=O) groups excluding carboxylic acids is 1. The molecule has 0 unspecified atom stereocenters. The average molecular weight is 360 g/mol. The minimum absolute atomic E-state index is 0.135. The summed E-state index contributed by atoms with van der Waals surface area (Å²) >= 11 is 0. The Labute approximate surface area is 154 Å². The predicted octanol–water partition coefficient (Wildman–Crippen LogP) is 1.83. The van der Waals surface area contributed by atoms with Gasteiger partial charge in [-0.1, -0.05) is 43.2 Å². The van der Waals surface area contributed by atoms with Gasteiger partial charge in [0.1, 0.15) is 6.04 Å². The maximum Gasteiger partial charge on any atom is 0.326 e. The van der Waals surface area contributed by atoms with E-state index in [0.717, 1.165) is 44.3 Å². The van der Waals surface area contributed by atoms with Crippen molar-refractivity contribution in [3.8, 4) is 0 Å². The number of nitrogens with one attached hydrogen (secondary N) is 1. The van der Waals surface area contributed by atoms with E-state index in [-0.39, 0.29) is 11.4 Å². The quantitative estimate of drug-likeness (QED) is 0.776. The maximum atomic E-state index is 12.7. The molecule has 1 aromatic rings. The summed E-state index contributed by atoms with van der Waals surface area (Å²) in [6.07, 6.45) is 4.90. The molecule has 1 heterocycles. The molecule has 6 heteroatoms. The van der Waals surface area contributed by atoms with E-state index in [1.54, 1.807) is 0 Å². The first-order valence-corrected chi connectivity index (χ1v) is 9.48. The van der Waals surface area contributed by atoms with Crippen LogP contribution in [0.15, 0.2) is 30.3 Å². The van der Waals surface area contributed by atoms with Crippen LogP contribution in [-0.4, -0.2) is 59.8 Å². The van der Waals surface area contributed by atoms with Gasteiger partial charge in [-0.15, -0.1) is 0 Å². The average Bonchev–Trinajstić information content (AvgIpc) is 3.12. The highest BCUT2D eigenvalue weighted by molar-refractivity contribution is 5.84.